The van der Waals surface area contributed by atoms with Gasteiger partial charge < -0.3 is 5.11 Å². The van der Waals surface area contributed by atoms with E-state index in [2.05, 4.69) is 5.92 Å². The van der Waals surface area contributed by atoms with Crippen molar-refractivity contribution in [2.75, 3.05) is 6.61 Å². The van der Waals surface area contributed by atoms with Crippen LogP contribution in [0, 0.1) is 22.5 Å². The zero-order valence-electron chi connectivity index (χ0n) is 12.2. The minimum Gasteiger partial charge on any atom is -0.395 e. The number of nitro groups is 1. The summed E-state index contributed by atoms with van der Waals surface area (Å²) in [5.74, 6) is 2.46. The van der Waals surface area contributed by atoms with Crippen molar-refractivity contribution in [3.05, 3.63) is 34.4 Å². The summed E-state index contributed by atoms with van der Waals surface area (Å²) in [4.78, 5) is 15.3. The maximum atomic E-state index is 12.6. The zero-order valence-corrected chi connectivity index (χ0v) is 13.0. The van der Waals surface area contributed by atoms with Crippen molar-refractivity contribution in [2.24, 2.45) is 0 Å². The summed E-state index contributed by atoms with van der Waals surface area (Å²) >= 11 is 0. The molecular weight excluding hydrogens is 324 g/mol. The molecule has 124 valence electrons. The number of aliphatic hydroxyl groups is 1. The van der Waals surface area contributed by atoms with Crippen molar-refractivity contribution in [3.63, 3.8) is 0 Å². The molecule has 0 saturated carbocycles. The van der Waals surface area contributed by atoms with E-state index in [4.69, 9.17) is 11.3 Å². The van der Waals surface area contributed by atoms with Gasteiger partial charge in [0.2, 0.25) is 0 Å². The van der Waals surface area contributed by atoms with Gasteiger partial charge in [0.25, 0.3) is 15.7 Å². The number of sulfonamides is 1. The van der Waals surface area contributed by atoms with Gasteiger partial charge in [-0.2, -0.15) is 0 Å². The zero-order chi connectivity index (χ0) is 17.0. The minimum atomic E-state index is -4.02. The number of non-ortho nitro benzene ring substituents is 1. The fourth-order valence-electron chi connectivity index (χ4n) is 2.32. The summed E-state index contributed by atoms with van der Waals surface area (Å²) in [6, 6.07) is 3.78. The maximum absolute atomic E-state index is 12.6. The van der Waals surface area contributed by atoms with Crippen molar-refractivity contribution >= 4 is 15.7 Å². The lowest BCUT2D eigenvalue weighted by molar-refractivity contribution is -0.384. The molecule has 23 heavy (non-hydrogen) atoms. The van der Waals surface area contributed by atoms with Crippen LogP contribution in [0.2, 0.25) is 0 Å². The number of aliphatic hydroxyl groups excluding tert-OH is 1. The summed E-state index contributed by atoms with van der Waals surface area (Å²) < 4.78 is 25.9. The average Bonchev–Trinajstić information content (AvgIpc) is 2.97. The van der Waals surface area contributed by atoms with Gasteiger partial charge in [0, 0.05) is 18.6 Å². The van der Waals surface area contributed by atoms with Crippen molar-refractivity contribution < 1.29 is 23.3 Å². The highest BCUT2D eigenvalue weighted by Gasteiger charge is 2.41. The van der Waals surface area contributed by atoms with Crippen LogP contribution in [0.4, 0.5) is 5.69 Å². The summed E-state index contributed by atoms with van der Waals surface area (Å²) in [5, 5.41) is 20.0. The number of nitrogens with zero attached hydrogens (tertiary/aromatic N) is 2. The van der Waals surface area contributed by atoms with Gasteiger partial charge in [-0.3, -0.25) is 15.0 Å². The molecule has 2 rings (SSSR count). The predicted octanol–water partition coefficient (Wildman–Crippen LogP) is 1.06. The first-order valence-electron chi connectivity index (χ1n) is 6.90. The molecule has 9 heteroatoms. The van der Waals surface area contributed by atoms with Crippen LogP contribution in [0.3, 0.4) is 0 Å². The highest BCUT2D eigenvalue weighted by Crippen LogP contribution is 2.30. The van der Waals surface area contributed by atoms with E-state index in [1.54, 1.807) is 0 Å². The first-order chi connectivity index (χ1) is 10.9. The summed E-state index contributed by atoms with van der Waals surface area (Å²) in [5.41, 5.74) is -0.211. The van der Waals surface area contributed by atoms with Crippen molar-refractivity contribution in [1.82, 2.24) is 4.47 Å². The Morgan fingerprint density at radius 3 is 2.61 bits per heavy atom. The molecule has 0 aromatic heterocycles. The maximum Gasteiger partial charge on any atom is 0.269 e. The van der Waals surface area contributed by atoms with Gasteiger partial charge in [-0.25, -0.2) is 8.42 Å². The molecule has 0 amide bonds. The SMILES string of the molecule is C#CCC[C@@H]1C[C@H](CO)N(S(=O)(=O)c2ccc([N+](=O)[O-])cc2)O1. The van der Waals surface area contributed by atoms with Crippen LogP contribution in [0.1, 0.15) is 19.3 Å². The molecule has 1 N–H and O–H groups in total. The molecule has 2 atom stereocenters. The van der Waals surface area contributed by atoms with E-state index in [-0.39, 0.29) is 10.6 Å². The van der Waals surface area contributed by atoms with Gasteiger partial charge in [0.15, 0.2) is 0 Å². The molecule has 1 saturated heterocycles. The number of hydrogen-bond donors (Lipinski definition) is 1. The van der Waals surface area contributed by atoms with Crippen molar-refractivity contribution in [2.45, 2.75) is 36.3 Å². The van der Waals surface area contributed by atoms with Gasteiger partial charge in [0.1, 0.15) is 0 Å². The van der Waals surface area contributed by atoms with E-state index in [9.17, 15) is 23.6 Å². The van der Waals surface area contributed by atoms with Gasteiger partial charge in [-0.05, 0) is 25.0 Å². The molecule has 1 aromatic rings. The molecule has 1 aliphatic heterocycles. The van der Waals surface area contributed by atoms with Gasteiger partial charge in [-0.15, -0.1) is 12.3 Å². The fraction of sp³-hybridized carbons (Fsp3) is 0.429. The van der Waals surface area contributed by atoms with Gasteiger partial charge in [0.05, 0.1) is 28.6 Å². The summed E-state index contributed by atoms with van der Waals surface area (Å²) in [6.07, 6.45) is 6.05. The highest BCUT2D eigenvalue weighted by molar-refractivity contribution is 7.89. The molecular formula is C14H16N2O6S. The van der Waals surface area contributed by atoms with E-state index >= 15 is 0 Å². The first-order valence-corrected chi connectivity index (χ1v) is 8.34. The molecule has 0 unspecified atom stereocenters. The highest BCUT2D eigenvalue weighted by atomic mass is 32.2. The Labute approximate surface area is 133 Å². The van der Waals surface area contributed by atoms with Crippen LogP contribution in [0.25, 0.3) is 0 Å². The van der Waals surface area contributed by atoms with Crippen LogP contribution in [-0.4, -0.2) is 41.7 Å². The molecule has 1 aromatic carbocycles. The van der Waals surface area contributed by atoms with Crippen LogP contribution in [-0.2, 0) is 14.9 Å². The third-order valence-electron chi connectivity index (χ3n) is 3.49. The lowest BCUT2D eigenvalue weighted by Crippen LogP contribution is -2.36. The van der Waals surface area contributed by atoms with Gasteiger partial charge >= 0.3 is 0 Å². The Hall–Kier alpha value is -1.99. The van der Waals surface area contributed by atoms with Crippen LogP contribution in [0.5, 0.6) is 0 Å². The van der Waals surface area contributed by atoms with Crippen LogP contribution < -0.4 is 0 Å². The van der Waals surface area contributed by atoms with Crippen LogP contribution in [0.15, 0.2) is 29.2 Å². The summed E-state index contributed by atoms with van der Waals surface area (Å²) in [6.45, 7) is -0.390. The normalized spacial score (nSPS) is 21.9. The smallest absolute Gasteiger partial charge is 0.269 e. The van der Waals surface area contributed by atoms with E-state index in [1.165, 1.54) is 0 Å². The second-order valence-electron chi connectivity index (χ2n) is 5.05. The number of nitro benzene ring substituents is 1. The number of terminal acetylenes is 1. The molecule has 0 aliphatic carbocycles. The predicted molar refractivity (Wildman–Crippen MR) is 80.6 cm³/mol. The van der Waals surface area contributed by atoms with Crippen molar-refractivity contribution in [3.8, 4) is 12.3 Å². The van der Waals surface area contributed by atoms with E-state index < -0.39 is 33.7 Å². The summed E-state index contributed by atoms with van der Waals surface area (Å²) in [7, 11) is -4.02. The molecule has 1 aliphatic rings. The molecule has 1 heterocycles. The topological polar surface area (TPSA) is 110 Å². The Kier molecular flexibility index (Phi) is 5.33. The molecule has 0 spiro atoms. The Morgan fingerprint density at radius 2 is 2.09 bits per heavy atom. The number of rotatable bonds is 6. The standard InChI is InChI=1S/C14H16N2O6S/c1-2-3-4-13-9-12(10-17)16(22-13)23(20,21)14-7-5-11(6-8-14)15(18)19/h1,5-8,12-13,17H,3-4,9-10H2/t12-,13-/m1/s1. The quantitative estimate of drug-likeness (QED) is 0.471. The number of hydroxylamine groups is 1. The van der Waals surface area contributed by atoms with Crippen LogP contribution >= 0.6 is 0 Å². The number of hydrogen-bond acceptors (Lipinski definition) is 6. The minimum absolute atomic E-state index is 0.140. The fourth-order valence-corrected chi connectivity index (χ4v) is 3.79. The first kappa shape index (κ1) is 17.4. The molecule has 0 radical (unpaired) electrons. The van der Waals surface area contributed by atoms with E-state index in [0.29, 0.717) is 19.3 Å². The Balaban J connectivity index is 2.23. The lowest BCUT2D eigenvalue weighted by Gasteiger charge is -2.20. The van der Waals surface area contributed by atoms with Crippen molar-refractivity contribution in [1.29, 1.82) is 0 Å². The third kappa shape index (κ3) is 3.68. The van der Waals surface area contributed by atoms with E-state index in [0.717, 1.165) is 28.7 Å². The molecule has 0 bridgehead atoms. The Morgan fingerprint density at radius 1 is 1.43 bits per heavy atom. The molecule has 8 nitrogen and oxygen atoms in total. The average molecular weight is 340 g/mol. The number of benzene rings is 1. The third-order valence-corrected chi connectivity index (χ3v) is 5.22. The second-order valence-corrected chi connectivity index (χ2v) is 6.84. The Bertz CT molecular complexity index is 710. The monoisotopic (exact) mass is 340 g/mol. The lowest BCUT2D eigenvalue weighted by atomic mass is 10.1. The largest absolute Gasteiger partial charge is 0.395 e. The molecule has 1 fully saturated rings. The van der Waals surface area contributed by atoms with E-state index in [1.807, 2.05) is 0 Å². The second kappa shape index (κ2) is 7.06. The van der Waals surface area contributed by atoms with Gasteiger partial charge in [-0.1, -0.05) is 4.47 Å².